The number of benzene rings is 1. The van der Waals surface area contributed by atoms with Crippen molar-refractivity contribution in [3.63, 3.8) is 0 Å². The molecule has 0 aliphatic carbocycles. The molecule has 0 atom stereocenters. The number of nitrogen functional groups attached to an aromatic ring is 1. The van der Waals surface area contributed by atoms with Crippen molar-refractivity contribution >= 4 is 11.6 Å². The number of hydrogen-bond donors (Lipinski definition) is 4. The van der Waals surface area contributed by atoms with E-state index in [1.165, 1.54) is 13.2 Å². The minimum atomic E-state index is -1.03. The maximum atomic E-state index is 12.1. The van der Waals surface area contributed by atoms with Crippen LogP contribution in [0, 0.1) is 0 Å². The molecule has 1 rings (SSSR count). The highest BCUT2D eigenvalue weighted by molar-refractivity contribution is 5.96. The molecule has 5 N–H and O–H groups in total. The lowest BCUT2D eigenvalue weighted by atomic mass is 9.97. The van der Waals surface area contributed by atoms with Crippen LogP contribution in [-0.2, 0) is 0 Å². The second kappa shape index (κ2) is 6.40. The average molecular weight is 268 g/mol. The summed E-state index contributed by atoms with van der Waals surface area (Å²) in [4.78, 5) is 12.1. The number of amides is 1. The fourth-order valence-electron chi connectivity index (χ4n) is 1.63. The Balaban J connectivity index is 2.97. The van der Waals surface area contributed by atoms with Gasteiger partial charge in [0, 0.05) is 17.3 Å². The molecule has 0 fully saturated rings. The maximum absolute atomic E-state index is 12.1. The van der Waals surface area contributed by atoms with Gasteiger partial charge < -0.3 is 26.0 Å². The lowest BCUT2D eigenvalue weighted by molar-refractivity contribution is 0.0653. The van der Waals surface area contributed by atoms with Crippen molar-refractivity contribution in [1.29, 1.82) is 0 Å². The highest BCUT2D eigenvalue weighted by atomic mass is 16.5. The number of hydrogen-bond acceptors (Lipinski definition) is 5. The van der Waals surface area contributed by atoms with Crippen LogP contribution in [0.2, 0.25) is 0 Å². The standard InChI is InChI=1S/C13H20N2O4/c1-3-13(7-16,8-17)15-12(18)9-4-10(14)6-11(5-9)19-2/h4-6,16-17H,3,7-8,14H2,1-2H3,(H,15,18). The van der Waals surface area contributed by atoms with E-state index in [4.69, 9.17) is 10.5 Å². The van der Waals surface area contributed by atoms with Gasteiger partial charge in [0.1, 0.15) is 5.75 Å². The molecule has 0 heterocycles. The highest BCUT2D eigenvalue weighted by Crippen LogP contribution is 2.19. The predicted molar refractivity (Wildman–Crippen MR) is 72.1 cm³/mol. The first-order chi connectivity index (χ1) is 9.00. The third-order valence-corrected chi connectivity index (χ3v) is 3.09. The van der Waals surface area contributed by atoms with Gasteiger partial charge in [0.25, 0.3) is 5.91 Å². The van der Waals surface area contributed by atoms with Crippen molar-refractivity contribution in [3.05, 3.63) is 23.8 Å². The van der Waals surface area contributed by atoms with E-state index in [-0.39, 0.29) is 13.2 Å². The first-order valence-electron chi connectivity index (χ1n) is 5.99. The van der Waals surface area contributed by atoms with Crippen molar-refractivity contribution in [1.82, 2.24) is 5.32 Å². The maximum Gasteiger partial charge on any atom is 0.252 e. The summed E-state index contributed by atoms with van der Waals surface area (Å²) < 4.78 is 5.04. The molecule has 0 saturated carbocycles. The monoisotopic (exact) mass is 268 g/mol. The molecule has 0 bridgehead atoms. The van der Waals surface area contributed by atoms with Gasteiger partial charge in [-0.2, -0.15) is 0 Å². The smallest absolute Gasteiger partial charge is 0.252 e. The van der Waals surface area contributed by atoms with Gasteiger partial charge in [0.2, 0.25) is 0 Å². The van der Waals surface area contributed by atoms with Crippen LogP contribution in [0.5, 0.6) is 5.75 Å². The number of rotatable bonds is 6. The van der Waals surface area contributed by atoms with Crippen molar-refractivity contribution in [2.45, 2.75) is 18.9 Å². The normalized spacial score (nSPS) is 11.2. The van der Waals surface area contributed by atoms with Gasteiger partial charge in [0.05, 0.1) is 25.9 Å². The molecular formula is C13H20N2O4. The lowest BCUT2D eigenvalue weighted by Crippen LogP contribution is -2.53. The number of ether oxygens (including phenoxy) is 1. The van der Waals surface area contributed by atoms with Crippen molar-refractivity contribution in [3.8, 4) is 5.75 Å². The molecule has 0 aliphatic heterocycles. The Morgan fingerprint density at radius 1 is 1.37 bits per heavy atom. The Hall–Kier alpha value is -1.79. The number of nitrogens with two attached hydrogens (primary N) is 1. The minimum Gasteiger partial charge on any atom is -0.497 e. The number of nitrogens with one attached hydrogen (secondary N) is 1. The number of anilines is 1. The molecule has 6 heteroatoms. The largest absolute Gasteiger partial charge is 0.497 e. The van der Waals surface area contributed by atoms with Gasteiger partial charge in [-0.25, -0.2) is 0 Å². The zero-order chi connectivity index (χ0) is 14.5. The number of carbonyl (C=O) groups is 1. The quantitative estimate of drug-likeness (QED) is 0.549. The van der Waals surface area contributed by atoms with E-state index in [1.54, 1.807) is 19.1 Å². The molecule has 1 aromatic rings. The van der Waals surface area contributed by atoms with E-state index in [0.29, 0.717) is 23.4 Å². The van der Waals surface area contributed by atoms with Crippen molar-refractivity contribution < 1.29 is 19.7 Å². The van der Waals surface area contributed by atoms with Crippen LogP contribution in [0.15, 0.2) is 18.2 Å². The average Bonchev–Trinajstić information content (AvgIpc) is 2.44. The summed E-state index contributed by atoms with van der Waals surface area (Å²) in [6.45, 7) is 1.09. The molecule has 0 aromatic heterocycles. The van der Waals surface area contributed by atoms with Gasteiger partial charge in [-0.15, -0.1) is 0 Å². The van der Waals surface area contributed by atoms with Crippen molar-refractivity contribution in [2.24, 2.45) is 0 Å². The lowest BCUT2D eigenvalue weighted by Gasteiger charge is -2.29. The Morgan fingerprint density at radius 3 is 2.47 bits per heavy atom. The predicted octanol–water partition coefficient (Wildman–Crippen LogP) is 0.141. The van der Waals surface area contributed by atoms with E-state index in [0.717, 1.165) is 0 Å². The van der Waals surface area contributed by atoms with Gasteiger partial charge in [-0.05, 0) is 18.6 Å². The number of aliphatic hydroxyl groups is 2. The van der Waals surface area contributed by atoms with E-state index in [1.807, 2.05) is 0 Å². The Labute approximate surface area is 112 Å². The number of carbonyl (C=O) groups excluding carboxylic acids is 1. The summed E-state index contributed by atoms with van der Waals surface area (Å²) in [6, 6.07) is 4.65. The molecule has 19 heavy (non-hydrogen) atoms. The van der Waals surface area contributed by atoms with Gasteiger partial charge >= 0.3 is 0 Å². The summed E-state index contributed by atoms with van der Waals surface area (Å²) >= 11 is 0. The summed E-state index contributed by atoms with van der Waals surface area (Å²) in [6.07, 6.45) is 0.408. The summed E-state index contributed by atoms with van der Waals surface area (Å²) in [7, 11) is 1.48. The molecule has 0 saturated heterocycles. The third kappa shape index (κ3) is 3.59. The topological polar surface area (TPSA) is 105 Å². The molecule has 0 unspecified atom stereocenters. The zero-order valence-corrected chi connectivity index (χ0v) is 11.1. The second-order valence-electron chi connectivity index (χ2n) is 4.40. The van der Waals surface area contributed by atoms with Crippen LogP contribution in [-0.4, -0.2) is 42.0 Å². The fraction of sp³-hybridized carbons (Fsp3) is 0.462. The minimum absolute atomic E-state index is 0.316. The van der Waals surface area contributed by atoms with Crippen LogP contribution in [0.3, 0.4) is 0 Å². The molecule has 6 nitrogen and oxygen atoms in total. The molecule has 0 spiro atoms. The van der Waals surface area contributed by atoms with E-state index >= 15 is 0 Å². The Kier molecular flexibility index (Phi) is 5.14. The second-order valence-corrected chi connectivity index (χ2v) is 4.40. The molecular weight excluding hydrogens is 248 g/mol. The SMILES string of the molecule is CCC(CO)(CO)NC(=O)c1cc(N)cc(OC)c1. The highest BCUT2D eigenvalue weighted by Gasteiger charge is 2.29. The van der Waals surface area contributed by atoms with Gasteiger partial charge in [-0.3, -0.25) is 4.79 Å². The van der Waals surface area contributed by atoms with Gasteiger partial charge in [-0.1, -0.05) is 6.92 Å². The first kappa shape index (κ1) is 15.3. The third-order valence-electron chi connectivity index (χ3n) is 3.09. The molecule has 0 radical (unpaired) electrons. The fourth-order valence-corrected chi connectivity index (χ4v) is 1.63. The van der Waals surface area contributed by atoms with E-state index < -0.39 is 11.4 Å². The Bertz CT molecular complexity index is 436. The summed E-state index contributed by atoms with van der Waals surface area (Å²) in [5, 5.41) is 21.2. The van der Waals surface area contributed by atoms with Gasteiger partial charge in [0.15, 0.2) is 0 Å². The molecule has 1 amide bonds. The van der Waals surface area contributed by atoms with Crippen LogP contribution in [0.4, 0.5) is 5.69 Å². The van der Waals surface area contributed by atoms with Crippen LogP contribution in [0.1, 0.15) is 23.7 Å². The molecule has 106 valence electrons. The summed E-state index contributed by atoms with van der Waals surface area (Å²) in [5.74, 6) is 0.0517. The Morgan fingerprint density at radius 2 is 2.00 bits per heavy atom. The van der Waals surface area contributed by atoms with Crippen LogP contribution in [0.25, 0.3) is 0 Å². The van der Waals surface area contributed by atoms with E-state index in [9.17, 15) is 15.0 Å². The number of aliphatic hydroxyl groups excluding tert-OH is 2. The first-order valence-corrected chi connectivity index (χ1v) is 5.99. The van der Waals surface area contributed by atoms with Crippen molar-refractivity contribution in [2.75, 3.05) is 26.1 Å². The molecule has 1 aromatic carbocycles. The van der Waals surface area contributed by atoms with Crippen LogP contribution >= 0.6 is 0 Å². The summed E-state index contributed by atoms with van der Waals surface area (Å²) in [5.41, 5.74) is 5.36. The zero-order valence-electron chi connectivity index (χ0n) is 11.1. The van der Waals surface area contributed by atoms with Crippen LogP contribution < -0.4 is 15.8 Å². The number of methoxy groups -OCH3 is 1. The molecule has 0 aliphatic rings. The van der Waals surface area contributed by atoms with E-state index in [2.05, 4.69) is 5.32 Å².